The second kappa shape index (κ2) is 16.1. The normalized spacial score (nSPS) is 10.7. The molecule has 0 amide bonds. The molecule has 0 aliphatic heterocycles. The molecule has 5 aromatic carbocycles. The van der Waals surface area contributed by atoms with Crippen LogP contribution in [-0.2, 0) is 32.7 Å². The number of rotatable bonds is 16. The zero-order valence-electron chi connectivity index (χ0n) is 25.5. The summed E-state index contributed by atoms with van der Waals surface area (Å²) in [5.41, 5.74) is 5.63. The maximum absolute atomic E-state index is 6.36. The molecule has 0 N–H and O–H groups in total. The minimum Gasteiger partial charge on any atom is -0.497 e. The van der Waals surface area contributed by atoms with Gasteiger partial charge in [-0.15, -0.1) is 0 Å². The van der Waals surface area contributed by atoms with Gasteiger partial charge in [-0.1, -0.05) is 84.9 Å². The lowest BCUT2D eigenvalue weighted by molar-refractivity contribution is 0.287. The molecule has 5 nitrogen and oxygen atoms in total. The van der Waals surface area contributed by atoms with E-state index < -0.39 is 0 Å². The lowest BCUT2D eigenvalue weighted by Crippen LogP contribution is -2.03. The van der Waals surface area contributed by atoms with Gasteiger partial charge in [0.25, 0.3) is 0 Å². The van der Waals surface area contributed by atoms with Crippen LogP contribution in [0.2, 0.25) is 0 Å². The average molecular weight is 589 g/mol. The number of aryl methyl sites for hydroxylation is 2. The highest BCUT2D eigenvalue weighted by Crippen LogP contribution is 2.31. The maximum Gasteiger partial charge on any atom is 0.126 e. The minimum absolute atomic E-state index is 0.467. The van der Waals surface area contributed by atoms with Crippen molar-refractivity contribution >= 4 is 0 Å². The Morgan fingerprint density at radius 2 is 0.909 bits per heavy atom. The standard InChI is InChI=1S/C39H40O5/c1-3-41-36-23-19-33(38(25-36)44-29-32-17-21-35(40-2)22-18-32)15-10-16-34-20-24-37(42-27-30-11-6-4-7-12-30)26-39(34)43-28-31-13-8-5-9-14-31/h4-9,11-14,17-26H,3,10,15-16,27-29H2,1-2H3. The first-order valence-electron chi connectivity index (χ1n) is 15.2. The van der Waals surface area contributed by atoms with Gasteiger partial charge in [-0.05, 0) is 78.3 Å². The molecular weight excluding hydrogens is 548 g/mol. The van der Waals surface area contributed by atoms with Crippen molar-refractivity contribution in [3.63, 3.8) is 0 Å². The highest BCUT2D eigenvalue weighted by Gasteiger charge is 2.11. The van der Waals surface area contributed by atoms with Crippen LogP contribution >= 0.6 is 0 Å². The summed E-state index contributed by atoms with van der Waals surface area (Å²) < 4.78 is 29.9. The van der Waals surface area contributed by atoms with Gasteiger partial charge in [-0.3, -0.25) is 0 Å². The van der Waals surface area contributed by atoms with E-state index in [2.05, 4.69) is 36.4 Å². The summed E-state index contributed by atoms with van der Waals surface area (Å²) in [6, 6.07) is 40.7. The van der Waals surface area contributed by atoms with E-state index in [0.717, 1.165) is 75.8 Å². The molecule has 44 heavy (non-hydrogen) atoms. The monoisotopic (exact) mass is 588 g/mol. The van der Waals surface area contributed by atoms with Crippen molar-refractivity contribution in [1.29, 1.82) is 0 Å². The molecule has 5 aromatic rings. The van der Waals surface area contributed by atoms with Gasteiger partial charge < -0.3 is 23.7 Å². The van der Waals surface area contributed by atoms with E-state index in [-0.39, 0.29) is 0 Å². The van der Waals surface area contributed by atoms with Crippen molar-refractivity contribution < 1.29 is 23.7 Å². The van der Waals surface area contributed by atoms with Crippen molar-refractivity contribution in [1.82, 2.24) is 0 Å². The van der Waals surface area contributed by atoms with E-state index >= 15 is 0 Å². The quantitative estimate of drug-likeness (QED) is 0.115. The second-order valence-corrected chi connectivity index (χ2v) is 10.5. The van der Waals surface area contributed by atoms with Crippen LogP contribution in [0.25, 0.3) is 0 Å². The lowest BCUT2D eigenvalue weighted by Gasteiger charge is -2.16. The third-order valence-electron chi connectivity index (χ3n) is 7.32. The molecule has 0 saturated heterocycles. The predicted octanol–water partition coefficient (Wildman–Crippen LogP) is 9.01. The van der Waals surface area contributed by atoms with Crippen LogP contribution in [0.1, 0.15) is 41.2 Å². The number of benzene rings is 5. The molecule has 0 aliphatic carbocycles. The Bertz CT molecular complexity index is 1570. The zero-order valence-corrected chi connectivity index (χ0v) is 25.5. The van der Waals surface area contributed by atoms with Gasteiger partial charge in [0.2, 0.25) is 0 Å². The summed E-state index contributed by atoms with van der Waals surface area (Å²) >= 11 is 0. The summed E-state index contributed by atoms with van der Waals surface area (Å²) in [6.07, 6.45) is 2.64. The van der Waals surface area contributed by atoms with E-state index in [4.69, 9.17) is 23.7 Å². The van der Waals surface area contributed by atoms with Crippen LogP contribution in [0.3, 0.4) is 0 Å². The summed E-state index contributed by atoms with van der Waals surface area (Å²) in [5.74, 6) is 4.12. The third-order valence-corrected chi connectivity index (χ3v) is 7.32. The van der Waals surface area contributed by atoms with Crippen LogP contribution < -0.4 is 23.7 Å². The highest BCUT2D eigenvalue weighted by molar-refractivity contribution is 5.43. The average Bonchev–Trinajstić information content (AvgIpc) is 3.08. The van der Waals surface area contributed by atoms with Crippen LogP contribution in [-0.4, -0.2) is 13.7 Å². The molecule has 0 aliphatic rings. The minimum atomic E-state index is 0.467. The van der Waals surface area contributed by atoms with Crippen molar-refractivity contribution in [3.8, 4) is 28.7 Å². The first-order valence-corrected chi connectivity index (χ1v) is 15.2. The topological polar surface area (TPSA) is 46.2 Å². The number of ether oxygens (including phenoxy) is 5. The fraction of sp³-hybridized carbons (Fsp3) is 0.231. The van der Waals surface area contributed by atoms with Gasteiger partial charge in [0.1, 0.15) is 48.6 Å². The predicted molar refractivity (Wildman–Crippen MR) is 175 cm³/mol. The van der Waals surface area contributed by atoms with Gasteiger partial charge >= 0.3 is 0 Å². The molecule has 0 atom stereocenters. The molecule has 0 fully saturated rings. The Morgan fingerprint density at radius 3 is 1.41 bits per heavy atom. The Kier molecular flexibility index (Phi) is 11.2. The molecular formula is C39H40O5. The van der Waals surface area contributed by atoms with Gasteiger partial charge in [0.05, 0.1) is 13.7 Å². The van der Waals surface area contributed by atoms with Crippen molar-refractivity contribution in [2.75, 3.05) is 13.7 Å². The summed E-state index contributed by atoms with van der Waals surface area (Å²) in [7, 11) is 1.67. The van der Waals surface area contributed by atoms with Crippen molar-refractivity contribution in [2.45, 2.75) is 46.0 Å². The zero-order chi connectivity index (χ0) is 30.4. The first kappa shape index (κ1) is 30.6. The smallest absolute Gasteiger partial charge is 0.126 e. The molecule has 0 saturated carbocycles. The third kappa shape index (κ3) is 9.05. The molecule has 226 valence electrons. The Labute approximate surface area is 261 Å². The van der Waals surface area contributed by atoms with Crippen molar-refractivity contribution in [2.24, 2.45) is 0 Å². The van der Waals surface area contributed by atoms with E-state index in [0.29, 0.717) is 26.4 Å². The highest BCUT2D eigenvalue weighted by atomic mass is 16.5. The maximum atomic E-state index is 6.36. The van der Waals surface area contributed by atoms with Crippen LogP contribution in [0, 0.1) is 0 Å². The molecule has 0 radical (unpaired) electrons. The van der Waals surface area contributed by atoms with Gasteiger partial charge in [0.15, 0.2) is 0 Å². The molecule has 0 heterocycles. The fourth-order valence-corrected chi connectivity index (χ4v) is 4.93. The van der Waals surface area contributed by atoms with Gasteiger partial charge in [-0.2, -0.15) is 0 Å². The molecule has 5 rings (SSSR count). The molecule has 5 heteroatoms. The van der Waals surface area contributed by atoms with E-state index in [9.17, 15) is 0 Å². The summed E-state index contributed by atoms with van der Waals surface area (Å²) in [5, 5.41) is 0. The van der Waals surface area contributed by atoms with Crippen LogP contribution in [0.15, 0.2) is 121 Å². The molecule has 0 bridgehead atoms. The largest absolute Gasteiger partial charge is 0.497 e. The van der Waals surface area contributed by atoms with Crippen LogP contribution in [0.4, 0.5) is 0 Å². The van der Waals surface area contributed by atoms with E-state index in [1.807, 2.05) is 91.9 Å². The van der Waals surface area contributed by atoms with Crippen molar-refractivity contribution in [3.05, 3.63) is 149 Å². The Hall–Kier alpha value is -4.90. The summed E-state index contributed by atoms with van der Waals surface area (Å²) in [4.78, 5) is 0. The number of hydrogen-bond donors (Lipinski definition) is 0. The lowest BCUT2D eigenvalue weighted by atomic mass is 10.0. The second-order valence-electron chi connectivity index (χ2n) is 10.5. The van der Waals surface area contributed by atoms with E-state index in [1.165, 1.54) is 0 Å². The first-order chi connectivity index (χ1) is 21.7. The SMILES string of the molecule is CCOc1ccc(CCCc2ccc(OCc3ccccc3)cc2OCc2ccccc2)c(OCc2ccc(OC)cc2)c1. The van der Waals surface area contributed by atoms with Gasteiger partial charge in [0, 0.05) is 12.1 Å². The fourth-order valence-electron chi connectivity index (χ4n) is 4.93. The molecule has 0 aromatic heterocycles. The Balaban J connectivity index is 1.27. The van der Waals surface area contributed by atoms with Gasteiger partial charge in [-0.25, -0.2) is 0 Å². The van der Waals surface area contributed by atoms with E-state index in [1.54, 1.807) is 7.11 Å². The van der Waals surface area contributed by atoms with Crippen LogP contribution in [0.5, 0.6) is 28.7 Å². The molecule has 0 unspecified atom stereocenters. The number of hydrogen-bond acceptors (Lipinski definition) is 5. The Morgan fingerprint density at radius 1 is 0.455 bits per heavy atom. The number of methoxy groups -OCH3 is 1. The summed E-state index contributed by atoms with van der Waals surface area (Å²) in [6.45, 7) is 4.07. The molecule has 0 spiro atoms.